The van der Waals surface area contributed by atoms with Crippen LogP contribution in [0.5, 0.6) is 0 Å². The topological polar surface area (TPSA) is 66.5 Å². The van der Waals surface area contributed by atoms with Gasteiger partial charge in [0.25, 0.3) is 5.91 Å². The van der Waals surface area contributed by atoms with Crippen molar-refractivity contribution >= 4 is 28.2 Å². The molecule has 2 rings (SSSR count). The third-order valence-electron chi connectivity index (χ3n) is 2.92. The molecular formula is C12H17ClN2O3S. The highest BCUT2D eigenvalue weighted by atomic mass is 35.5. The lowest BCUT2D eigenvalue weighted by molar-refractivity contribution is 0.0732. The highest BCUT2D eigenvalue weighted by Crippen LogP contribution is 2.17. The maximum atomic E-state index is 12.3. The van der Waals surface area contributed by atoms with E-state index in [9.17, 15) is 13.2 Å². The first-order valence-corrected chi connectivity index (χ1v) is 7.68. The molecule has 7 heteroatoms. The molecule has 1 fully saturated rings. The number of carbonyl (C=O) groups is 1. The lowest BCUT2D eigenvalue weighted by Gasteiger charge is -2.28. The second-order valence-electron chi connectivity index (χ2n) is 4.31. The first-order chi connectivity index (χ1) is 8.50. The number of nitrogens with one attached hydrogen (secondary N) is 1. The SMILES string of the molecule is CS(=O)(=O)c1ccccc1C(=O)N1CCNCC1.Cl. The summed E-state index contributed by atoms with van der Waals surface area (Å²) in [4.78, 5) is 14.1. The maximum absolute atomic E-state index is 12.3. The smallest absolute Gasteiger partial charge is 0.255 e. The second kappa shape index (κ2) is 6.36. The zero-order valence-corrected chi connectivity index (χ0v) is 12.3. The Morgan fingerprint density at radius 3 is 2.37 bits per heavy atom. The third kappa shape index (κ3) is 3.68. The fourth-order valence-electron chi connectivity index (χ4n) is 2.00. The Balaban J connectivity index is 0.00000180. The van der Waals surface area contributed by atoms with E-state index in [4.69, 9.17) is 0 Å². The Bertz CT molecular complexity index is 554. The number of benzene rings is 1. The highest BCUT2D eigenvalue weighted by Gasteiger charge is 2.23. The Morgan fingerprint density at radius 1 is 1.21 bits per heavy atom. The molecule has 5 nitrogen and oxygen atoms in total. The van der Waals surface area contributed by atoms with Crippen molar-refractivity contribution in [3.8, 4) is 0 Å². The number of nitrogens with zero attached hydrogens (tertiary/aromatic N) is 1. The van der Waals surface area contributed by atoms with Crippen LogP contribution in [0.2, 0.25) is 0 Å². The summed E-state index contributed by atoms with van der Waals surface area (Å²) in [6.07, 6.45) is 1.12. The lowest BCUT2D eigenvalue weighted by Crippen LogP contribution is -2.46. The van der Waals surface area contributed by atoms with E-state index < -0.39 is 9.84 Å². The molecule has 1 aromatic carbocycles. The van der Waals surface area contributed by atoms with E-state index in [1.54, 1.807) is 23.1 Å². The van der Waals surface area contributed by atoms with Gasteiger partial charge in [-0.05, 0) is 12.1 Å². The van der Waals surface area contributed by atoms with Gasteiger partial charge in [0.1, 0.15) is 0 Å². The first-order valence-electron chi connectivity index (χ1n) is 5.79. The molecule has 0 aromatic heterocycles. The van der Waals surface area contributed by atoms with E-state index in [-0.39, 0.29) is 28.8 Å². The zero-order chi connectivity index (χ0) is 13.2. The van der Waals surface area contributed by atoms with Gasteiger partial charge >= 0.3 is 0 Å². The summed E-state index contributed by atoms with van der Waals surface area (Å²) in [5.41, 5.74) is 0.266. The van der Waals surface area contributed by atoms with Crippen LogP contribution in [-0.2, 0) is 9.84 Å². The highest BCUT2D eigenvalue weighted by molar-refractivity contribution is 7.90. The number of halogens is 1. The number of hydrogen-bond donors (Lipinski definition) is 1. The summed E-state index contributed by atoms with van der Waals surface area (Å²) in [5, 5.41) is 3.15. The van der Waals surface area contributed by atoms with Gasteiger partial charge < -0.3 is 10.2 Å². The van der Waals surface area contributed by atoms with Crippen molar-refractivity contribution < 1.29 is 13.2 Å². The standard InChI is InChI=1S/C12H16N2O3S.ClH/c1-18(16,17)11-5-3-2-4-10(11)12(15)14-8-6-13-7-9-14;/h2-5,13H,6-9H2,1H3;1H. The molecule has 1 amide bonds. The van der Waals surface area contributed by atoms with E-state index in [1.807, 2.05) is 0 Å². The molecule has 1 aliphatic rings. The quantitative estimate of drug-likeness (QED) is 0.867. The van der Waals surface area contributed by atoms with Gasteiger partial charge in [0.05, 0.1) is 10.5 Å². The number of carbonyl (C=O) groups excluding carboxylic acids is 1. The summed E-state index contributed by atoms with van der Waals surface area (Å²) in [7, 11) is -3.38. The van der Waals surface area contributed by atoms with Gasteiger partial charge in [-0.1, -0.05) is 12.1 Å². The molecule has 0 spiro atoms. The van der Waals surface area contributed by atoms with E-state index in [0.717, 1.165) is 19.3 Å². The second-order valence-corrected chi connectivity index (χ2v) is 6.29. The fourth-order valence-corrected chi connectivity index (χ4v) is 2.89. The van der Waals surface area contributed by atoms with E-state index >= 15 is 0 Å². The average molecular weight is 305 g/mol. The largest absolute Gasteiger partial charge is 0.336 e. The summed E-state index contributed by atoms with van der Waals surface area (Å²) >= 11 is 0. The van der Waals surface area contributed by atoms with Crippen LogP contribution in [0.4, 0.5) is 0 Å². The number of rotatable bonds is 2. The van der Waals surface area contributed by atoms with Crippen LogP contribution >= 0.6 is 12.4 Å². The van der Waals surface area contributed by atoms with E-state index in [2.05, 4.69) is 5.32 Å². The molecule has 0 saturated carbocycles. The van der Waals surface area contributed by atoms with Gasteiger partial charge in [0.15, 0.2) is 9.84 Å². The first kappa shape index (κ1) is 15.9. The monoisotopic (exact) mass is 304 g/mol. The Hall–Kier alpha value is -1.11. The van der Waals surface area contributed by atoms with Gasteiger partial charge in [-0.2, -0.15) is 0 Å². The number of amides is 1. The Morgan fingerprint density at radius 2 is 1.79 bits per heavy atom. The summed E-state index contributed by atoms with van der Waals surface area (Å²) in [5.74, 6) is -0.211. The van der Waals surface area contributed by atoms with Crippen molar-refractivity contribution in [1.29, 1.82) is 0 Å². The molecule has 1 aromatic rings. The van der Waals surface area contributed by atoms with Crippen LogP contribution in [0.15, 0.2) is 29.2 Å². The van der Waals surface area contributed by atoms with Gasteiger partial charge in [-0.25, -0.2) is 8.42 Å². The molecule has 19 heavy (non-hydrogen) atoms. The Kier molecular flexibility index (Phi) is 5.34. The van der Waals surface area contributed by atoms with Crippen LogP contribution in [0.25, 0.3) is 0 Å². The van der Waals surface area contributed by atoms with Crippen molar-refractivity contribution in [3.63, 3.8) is 0 Å². The number of piperazine rings is 1. The fraction of sp³-hybridized carbons (Fsp3) is 0.417. The Labute approximate surface area is 119 Å². The summed E-state index contributed by atoms with van der Waals surface area (Å²) < 4.78 is 23.3. The van der Waals surface area contributed by atoms with Crippen LogP contribution in [0, 0.1) is 0 Å². The molecule has 0 unspecified atom stereocenters. The van der Waals surface area contributed by atoms with Crippen molar-refractivity contribution in [2.45, 2.75) is 4.90 Å². The predicted octanol–water partition coefficient (Wildman–Crippen LogP) is 0.557. The molecule has 0 bridgehead atoms. The van der Waals surface area contributed by atoms with E-state index in [0.29, 0.717) is 13.1 Å². The number of sulfone groups is 1. The van der Waals surface area contributed by atoms with Gasteiger partial charge in [0.2, 0.25) is 0 Å². The molecule has 1 N–H and O–H groups in total. The van der Waals surface area contributed by atoms with Gasteiger partial charge in [-0.3, -0.25) is 4.79 Å². The normalized spacial score (nSPS) is 15.7. The summed E-state index contributed by atoms with van der Waals surface area (Å²) in [6, 6.07) is 6.36. The van der Waals surface area contributed by atoms with Crippen molar-refractivity contribution in [3.05, 3.63) is 29.8 Å². The minimum absolute atomic E-state index is 0. The number of hydrogen-bond acceptors (Lipinski definition) is 4. The zero-order valence-electron chi connectivity index (χ0n) is 10.6. The molecule has 1 saturated heterocycles. The van der Waals surface area contributed by atoms with E-state index in [1.165, 1.54) is 6.07 Å². The molecule has 0 aliphatic carbocycles. The minimum atomic E-state index is -3.38. The molecule has 1 aliphatic heterocycles. The van der Waals surface area contributed by atoms with Crippen molar-refractivity contribution in [2.75, 3.05) is 32.4 Å². The molecule has 106 valence electrons. The molecular weight excluding hydrogens is 288 g/mol. The average Bonchev–Trinajstić information content (AvgIpc) is 2.38. The van der Waals surface area contributed by atoms with Gasteiger partial charge in [-0.15, -0.1) is 12.4 Å². The minimum Gasteiger partial charge on any atom is -0.336 e. The third-order valence-corrected chi connectivity index (χ3v) is 4.08. The lowest BCUT2D eigenvalue weighted by atomic mass is 10.2. The molecule has 0 radical (unpaired) electrons. The van der Waals surface area contributed by atoms with Crippen LogP contribution < -0.4 is 5.32 Å². The van der Waals surface area contributed by atoms with Crippen LogP contribution in [-0.4, -0.2) is 51.7 Å². The van der Waals surface area contributed by atoms with Crippen molar-refractivity contribution in [2.24, 2.45) is 0 Å². The van der Waals surface area contributed by atoms with Crippen LogP contribution in [0.3, 0.4) is 0 Å². The maximum Gasteiger partial charge on any atom is 0.255 e. The predicted molar refractivity (Wildman–Crippen MR) is 75.6 cm³/mol. The van der Waals surface area contributed by atoms with Crippen molar-refractivity contribution in [1.82, 2.24) is 10.2 Å². The molecule has 0 atom stereocenters. The van der Waals surface area contributed by atoms with Crippen LogP contribution in [0.1, 0.15) is 10.4 Å². The molecule has 1 heterocycles. The van der Waals surface area contributed by atoms with Gasteiger partial charge in [0, 0.05) is 32.4 Å². The summed E-state index contributed by atoms with van der Waals surface area (Å²) in [6.45, 7) is 2.70.